The van der Waals surface area contributed by atoms with E-state index in [1.807, 2.05) is 6.92 Å². The maximum atomic E-state index is 12.5. The van der Waals surface area contributed by atoms with Gasteiger partial charge < -0.3 is 20.6 Å². The lowest BCUT2D eigenvalue weighted by Gasteiger charge is -2.63. The van der Waals surface area contributed by atoms with Crippen LogP contribution in [0.4, 0.5) is 0 Å². The first-order valence-corrected chi connectivity index (χ1v) is 14.5. The van der Waals surface area contributed by atoms with Crippen LogP contribution in [0, 0.1) is 46.3 Å². The fourth-order valence-electron chi connectivity index (χ4n) is 8.91. The second kappa shape index (κ2) is 9.86. The summed E-state index contributed by atoms with van der Waals surface area (Å²) in [6.45, 7) is 3.02. The number of rotatable bonds is 7. The molecule has 11 atom stereocenters. The van der Waals surface area contributed by atoms with E-state index in [-0.39, 0.29) is 53.4 Å². The Bertz CT molecular complexity index is 1060. The number of aliphatic hydroxyl groups is 3. The summed E-state index contributed by atoms with van der Waals surface area (Å²) in [4.78, 5) is 12.5. The van der Waals surface area contributed by atoms with Gasteiger partial charge in [-0.25, -0.2) is 0 Å². The molecule has 4 aliphatic carbocycles. The van der Waals surface area contributed by atoms with Gasteiger partial charge in [-0.2, -0.15) is 8.42 Å². The minimum Gasteiger partial charge on any atom is -0.393 e. The number of hydrogen-bond acceptors (Lipinski definition) is 6. The molecule has 0 aliphatic heterocycles. The summed E-state index contributed by atoms with van der Waals surface area (Å²) in [5.74, 6) is -0.283. The molecule has 9 heteroatoms. The highest BCUT2D eigenvalue weighted by Gasteiger charge is 2.65. The Labute approximate surface area is 215 Å². The Balaban J connectivity index is 1.45. The molecule has 35 heavy (non-hydrogen) atoms. The molecule has 0 aromatic heterocycles. The first kappa shape index (κ1) is 22.3. The SMILES string of the molecule is [2H]C([2H])(NC(=O)CC[C@@H](C)[C@H]1CC[C@H]2[C@@H]3[C@H](O)C[C@@H]4C[C@H](O)CC[C@]4(C)[C@H]3C[C@H](O)[C@]12C)C([2H])([2H])S(=O)(=O)O. The number of hydrogen-bond donors (Lipinski definition) is 5. The molecule has 4 rings (SSSR count). The molecule has 0 aromatic rings. The minimum absolute atomic E-state index is 0.0286. The highest BCUT2D eigenvalue weighted by Crippen LogP contribution is 2.68. The van der Waals surface area contributed by atoms with E-state index >= 15 is 0 Å². The van der Waals surface area contributed by atoms with E-state index in [0.717, 1.165) is 25.7 Å². The molecule has 0 saturated heterocycles. The average molecular weight is 520 g/mol. The van der Waals surface area contributed by atoms with Crippen molar-refractivity contribution in [1.82, 2.24) is 5.32 Å². The number of nitrogens with one attached hydrogen (secondary N) is 1. The van der Waals surface area contributed by atoms with Gasteiger partial charge in [-0.05, 0) is 97.7 Å². The minimum atomic E-state index is -5.42. The van der Waals surface area contributed by atoms with Crippen LogP contribution in [-0.4, -0.2) is 64.7 Å². The van der Waals surface area contributed by atoms with E-state index in [1.54, 1.807) is 5.32 Å². The largest absolute Gasteiger partial charge is 0.393 e. The smallest absolute Gasteiger partial charge is 0.266 e. The molecule has 0 radical (unpaired) electrons. The molecule has 4 fully saturated rings. The normalized spacial score (nSPS) is 48.8. The second-order valence-electron chi connectivity index (χ2n) is 12.3. The van der Waals surface area contributed by atoms with Gasteiger partial charge in [0.15, 0.2) is 0 Å². The first-order valence-electron chi connectivity index (χ1n) is 15.1. The van der Waals surface area contributed by atoms with Crippen LogP contribution in [0.5, 0.6) is 0 Å². The summed E-state index contributed by atoms with van der Waals surface area (Å²) in [6, 6.07) is 0. The van der Waals surface area contributed by atoms with Gasteiger partial charge >= 0.3 is 0 Å². The third kappa shape index (κ3) is 5.05. The molecular formula is C26H45NO7S. The number of carbonyl (C=O) groups is 1. The molecule has 0 unspecified atom stereocenters. The van der Waals surface area contributed by atoms with E-state index in [9.17, 15) is 28.5 Å². The van der Waals surface area contributed by atoms with Crippen LogP contribution >= 0.6 is 0 Å². The van der Waals surface area contributed by atoms with E-state index in [1.165, 1.54) is 0 Å². The quantitative estimate of drug-likeness (QED) is 0.325. The van der Waals surface area contributed by atoms with Crippen LogP contribution in [0.25, 0.3) is 0 Å². The molecule has 0 heterocycles. The summed E-state index contributed by atoms with van der Waals surface area (Å²) in [5, 5.41) is 35.1. The maximum absolute atomic E-state index is 12.5. The lowest BCUT2D eigenvalue weighted by Crippen LogP contribution is -2.62. The fraction of sp³-hybridized carbons (Fsp3) is 0.962. The Hall–Kier alpha value is -0.740. The lowest BCUT2D eigenvalue weighted by molar-refractivity contribution is -0.207. The third-order valence-electron chi connectivity index (χ3n) is 10.7. The molecule has 0 spiro atoms. The standard InChI is InChI=1S/C26H45NO7S/c1-15(4-7-23(31)27-10-11-35(32,33)34)18-5-6-19-24-20(14-22(30)26(18,19)3)25(2)9-8-17(28)12-16(25)13-21(24)29/h15-22,24,28-30H,4-14H2,1-3H3,(H,27,31)(H,32,33,34)/t15-,16+,17-,18-,19+,20+,21-,22+,24+,25+,26-/m1/s1/i10D2,11D2. The van der Waals surface area contributed by atoms with Crippen LogP contribution < -0.4 is 5.32 Å². The van der Waals surface area contributed by atoms with Crippen LogP contribution in [0.2, 0.25) is 0 Å². The Kier molecular flexibility index (Phi) is 6.27. The average Bonchev–Trinajstić information content (AvgIpc) is 3.16. The number of amides is 1. The van der Waals surface area contributed by atoms with Crippen molar-refractivity contribution in [2.24, 2.45) is 46.3 Å². The number of aliphatic hydroxyl groups excluding tert-OH is 3. The van der Waals surface area contributed by atoms with Gasteiger partial charge in [0.1, 0.15) is 0 Å². The molecule has 4 aliphatic rings. The Morgan fingerprint density at radius 1 is 1.11 bits per heavy atom. The molecule has 8 nitrogen and oxygen atoms in total. The van der Waals surface area contributed by atoms with Crippen molar-refractivity contribution >= 4 is 16.0 Å². The molecule has 202 valence electrons. The van der Waals surface area contributed by atoms with Gasteiger partial charge in [0, 0.05) is 15.7 Å². The molecule has 5 N–H and O–H groups in total. The summed E-state index contributed by atoms with van der Waals surface area (Å²) in [7, 11) is -5.42. The van der Waals surface area contributed by atoms with E-state index < -0.39 is 45.9 Å². The highest BCUT2D eigenvalue weighted by atomic mass is 32.2. The molecule has 0 aromatic carbocycles. The van der Waals surface area contributed by atoms with Crippen LogP contribution in [0.15, 0.2) is 0 Å². The Morgan fingerprint density at radius 3 is 2.51 bits per heavy atom. The van der Waals surface area contributed by atoms with Gasteiger partial charge in [0.25, 0.3) is 10.1 Å². The van der Waals surface area contributed by atoms with Crippen LogP contribution in [-0.2, 0) is 14.9 Å². The fourth-order valence-corrected chi connectivity index (χ4v) is 9.09. The van der Waals surface area contributed by atoms with E-state index in [4.69, 9.17) is 10.0 Å². The molecular weight excluding hydrogens is 470 g/mol. The summed E-state index contributed by atoms with van der Waals surface area (Å²) in [5.41, 5.74) is -4.21. The summed E-state index contributed by atoms with van der Waals surface area (Å²) < 4.78 is 61.9. The van der Waals surface area contributed by atoms with Gasteiger partial charge in [-0.3, -0.25) is 9.35 Å². The second-order valence-corrected chi connectivity index (χ2v) is 13.4. The van der Waals surface area contributed by atoms with Crippen molar-refractivity contribution in [2.45, 2.75) is 96.9 Å². The zero-order chi connectivity index (χ0) is 29.3. The highest BCUT2D eigenvalue weighted by molar-refractivity contribution is 7.85. The van der Waals surface area contributed by atoms with Crippen LogP contribution in [0.3, 0.4) is 0 Å². The third-order valence-corrected chi connectivity index (χ3v) is 11.1. The monoisotopic (exact) mass is 519 g/mol. The number of carbonyl (C=O) groups excluding carboxylic acids is 1. The van der Waals surface area contributed by atoms with Crippen molar-refractivity contribution in [3.63, 3.8) is 0 Å². The van der Waals surface area contributed by atoms with Crippen molar-refractivity contribution in [1.29, 1.82) is 0 Å². The van der Waals surface area contributed by atoms with Crippen LogP contribution in [0.1, 0.15) is 84.0 Å². The van der Waals surface area contributed by atoms with Gasteiger partial charge in [0.2, 0.25) is 5.91 Å². The maximum Gasteiger partial charge on any atom is 0.266 e. The van der Waals surface area contributed by atoms with Crippen molar-refractivity contribution in [2.75, 3.05) is 12.2 Å². The molecule has 4 saturated carbocycles. The van der Waals surface area contributed by atoms with E-state index in [2.05, 4.69) is 13.8 Å². The zero-order valence-electron chi connectivity index (χ0n) is 25.0. The predicted molar refractivity (Wildman–Crippen MR) is 132 cm³/mol. The molecule has 0 bridgehead atoms. The van der Waals surface area contributed by atoms with Gasteiger partial charge in [-0.1, -0.05) is 20.8 Å². The first-order chi connectivity index (χ1) is 17.8. The van der Waals surface area contributed by atoms with E-state index in [0.29, 0.717) is 25.7 Å². The predicted octanol–water partition coefficient (Wildman–Crippen LogP) is 2.37. The van der Waals surface area contributed by atoms with Gasteiger partial charge in [-0.15, -0.1) is 0 Å². The zero-order valence-corrected chi connectivity index (χ0v) is 21.8. The van der Waals surface area contributed by atoms with Crippen molar-refractivity contribution in [3.05, 3.63) is 0 Å². The summed E-state index contributed by atoms with van der Waals surface area (Å²) >= 11 is 0. The van der Waals surface area contributed by atoms with Crippen molar-refractivity contribution < 1.29 is 38.6 Å². The molecule has 1 amide bonds. The summed E-state index contributed by atoms with van der Waals surface area (Å²) in [6.07, 6.45) is 4.00. The van der Waals surface area contributed by atoms with Crippen molar-refractivity contribution in [3.8, 4) is 0 Å². The Morgan fingerprint density at radius 2 is 1.83 bits per heavy atom. The van der Waals surface area contributed by atoms with Gasteiger partial charge in [0.05, 0.1) is 26.8 Å². The topological polar surface area (TPSA) is 144 Å². The number of fused-ring (bicyclic) bond motifs is 5. The lowest BCUT2D eigenvalue weighted by atomic mass is 9.43.